The van der Waals surface area contributed by atoms with Crippen molar-refractivity contribution in [1.29, 1.82) is 0 Å². The lowest BCUT2D eigenvalue weighted by atomic mass is 9.92. The zero-order chi connectivity index (χ0) is 21.5. The van der Waals surface area contributed by atoms with Gasteiger partial charge in [0.15, 0.2) is 0 Å². The molecule has 166 valence electrons. The Morgan fingerprint density at radius 3 is 2.42 bits per heavy atom. The first kappa shape index (κ1) is 21.8. The van der Waals surface area contributed by atoms with Gasteiger partial charge in [-0.3, -0.25) is 9.69 Å². The number of amides is 1. The Labute approximate surface area is 184 Å². The van der Waals surface area contributed by atoms with Crippen molar-refractivity contribution < 1.29 is 9.18 Å². The van der Waals surface area contributed by atoms with Crippen molar-refractivity contribution in [3.63, 3.8) is 0 Å². The third-order valence-corrected chi connectivity index (χ3v) is 6.71. The van der Waals surface area contributed by atoms with Crippen LogP contribution in [0.3, 0.4) is 0 Å². The predicted molar refractivity (Wildman–Crippen MR) is 121 cm³/mol. The van der Waals surface area contributed by atoms with Crippen molar-refractivity contribution in [2.24, 2.45) is 11.8 Å². The number of halogens is 1. The highest BCUT2D eigenvalue weighted by molar-refractivity contribution is 5.78. The molecule has 31 heavy (non-hydrogen) atoms. The van der Waals surface area contributed by atoms with Crippen LogP contribution in [0.15, 0.2) is 48.7 Å². The van der Waals surface area contributed by atoms with Gasteiger partial charge in [-0.15, -0.1) is 0 Å². The largest absolute Gasteiger partial charge is 0.357 e. The first-order valence-corrected chi connectivity index (χ1v) is 11.6. The van der Waals surface area contributed by atoms with E-state index in [0.29, 0.717) is 5.92 Å². The summed E-state index contributed by atoms with van der Waals surface area (Å²) in [7, 11) is 0. The smallest absolute Gasteiger partial charge is 0.223 e. The van der Waals surface area contributed by atoms with Gasteiger partial charge in [-0.25, -0.2) is 9.37 Å². The fourth-order valence-corrected chi connectivity index (χ4v) is 4.74. The molecule has 0 aliphatic carbocycles. The monoisotopic (exact) mass is 424 g/mol. The normalized spacial score (nSPS) is 18.8. The van der Waals surface area contributed by atoms with E-state index in [1.807, 2.05) is 0 Å². The summed E-state index contributed by atoms with van der Waals surface area (Å²) >= 11 is 0. The number of hydrogen-bond acceptors (Lipinski definition) is 4. The summed E-state index contributed by atoms with van der Waals surface area (Å²) < 4.78 is 13.0. The molecule has 5 nitrogen and oxygen atoms in total. The Morgan fingerprint density at radius 2 is 1.74 bits per heavy atom. The van der Waals surface area contributed by atoms with Gasteiger partial charge in [-0.05, 0) is 68.8 Å². The predicted octanol–water partition coefficient (Wildman–Crippen LogP) is 3.86. The molecule has 0 bridgehead atoms. The van der Waals surface area contributed by atoms with Crippen LogP contribution in [-0.4, -0.2) is 48.5 Å². The quantitative estimate of drug-likeness (QED) is 0.733. The summed E-state index contributed by atoms with van der Waals surface area (Å²) in [5.74, 6) is 1.44. The van der Waals surface area contributed by atoms with Crippen LogP contribution in [0.5, 0.6) is 0 Å². The van der Waals surface area contributed by atoms with Crippen molar-refractivity contribution in [2.75, 3.05) is 37.6 Å². The van der Waals surface area contributed by atoms with E-state index in [2.05, 4.69) is 50.4 Å². The molecule has 2 fully saturated rings. The van der Waals surface area contributed by atoms with Gasteiger partial charge in [0.2, 0.25) is 5.91 Å². The van der Waals surface area contributed by atoms with Crippen LogP contribution in [-0.2, 0) is 11.3 Å². The van der Waals surface area contributed by atoms with Crippen LogP contribution in [0, 0.1) is 17.7 Å². The van der Waals surface area contributed by atoms with E-state index in [0.717, 1.165) is 64.3 Å². The second kappa shape index (κ2) is 10.7. The van der Waals surface area contributed by atoms with Gasteiger partial charge < -0.3 is 10.2 Å². The van der Waals surface area contributed by atoms with E-state index in [1.54, 1.807) is 6.07 Å². The molecule has 0 atom stereocenters. The van der Waals surface area contributed by atoms with Crippen molar-refractivity contribution in [3.05, 3.63) is 60.0 Å². The van der Waals surface area contributed by atoms with Crippen LogP contribution in [0.1, 0.15) is 37.7 Å². The maximum Gasteiger partial charge on any atom is 0.223 e. The Bertz CT molecular complexity index is 813. The number of piperidine rings is 2. The lowest BCUT2D eigenvalue weighted by Crippen LogP contribution is -2.41. The van der Waals surface area contributed by atoms with Gasteiger partial charge in [0, 0.05) is 32.1 Å². The van der Waals surface area contributed by atoms with Gasteiger partial charge in [0.25, 0.3) is 0 Å². The summed E-state index contributed by atoms with van der Waals surface area (Å²) in [5.41, 5.74) is 1.38. The standard InChI is InChI=1S/C25H33FN4O/c26-23-6-7-24(28-18-23)30-16-11-22(12-17-30)25(31)27-13-8-20-9-14-29(15-10-20)19-21-4-2-1-3-5-21/h1-7,18,20,22H,8-17,19H2,(H,27,31). The second-order valence-electron chi connectivity index (χ2n) is 8.88. The Kier molecular flexibility index (Phi) is 7.52. The summed E-state index contributed by atoms with van der Waals surface area (Å²) in [6.45, 7) is 5.68. The number of carbonyl (C=O) groups excluding carboxylic acids is 1. The Hall–Kier alpha value is -2.47. The molecule has 2 aliphatic heterocycles. The maximum atomic E-state index is 13.0. The van der Waals surface area contributed by atoms with Crippen LogP contribution < -0.4 is 10.2 Å². The minimum Gasteiger partial charge on any atom is -0.357 e. The molecular formula is C25H33FN4O. The van der Waals surface area contributed by atoms with Crippen molar-refractivity contribution in [3.8, 4) is 0 Å². The number of carbonyl (C=O) groups is 1. The molecule has 1 aromatic heterocycles. The van der Waals surface area contributed by atoms with Crippen molar-refractivity contribution >= 4 is 11.7 Å². The molecule has 0 saturated carbocycles. The molecule has 0 spiro atoms. The fraction of sp³-hybridized carbons (Fsp3) is 0.520. The van der Waals surface area contributed by atoms with Crippen LogP contribution in [0.4, 0.5) is 10.2 Å². The summed E-state index contributed by atoms with van der Waals surface area (Å²) in [5, 5.41) is 3.18. The van der Waals surface area contributed by atoms with Gasteiger partial charge in [-0.1, -0.05) is 30.3 Å². The zero-order valence-corrected chi connectivity index (χ0v) is 18.2. The third-order valence-electron chi connectivity index (χ3n) is 6.71. The Balaban J connectivity index is 1.11. The van der Waals surface area contributed by atoms with Crippen LogP contribution in [0.2, 0.25) is 0 Å². The summed E-state index contributed by atoms with van der Waals surface area (Å²) in [6, 6.07) is 13.8. The molecule has 1 aromatic carbocycles. The van der Waals surface area contributed by atoms with Gasteiger partial charge in [0.05, 0.1) is 6.20 Å². The van der Waals surface area contributed by atoms with Gasteiger partial charge in [0.1, 0.15) is 11.6 Å². The topological polar surface area (TPSA) is 48.5 Å². The van der Waals surface area contributed by atoms with E-state index in [-0.39, 0.29) is 17.6 Å². The highest BCUT2D eigenvalue weighted by Gasteiger charge is 2.26. The van der Waals surface area contributed by atoms with Gasteiger partial charge in [-0.2, -0.15) is 0 Å². The number of nitrogens with zero attached hydrogens (tertiary/aromatic N) is 3. The summed E-state index contributed by atoms with van der Waals surface area (Å²) in [4.78, 5) is 21.4. The highest BCUT2D eigenvalue weighted by Crippen LogP contribution is 2.23. The van der Waals surface area contributed by atoms with Crippen molar-refractivity contribution in [1.82, 2.24) is 15.2 Å². The average molecular weight is 425 g/mol. The van der Waals surface area contributed by atoms with Gasteiger partial charge >= 0.3 is 0 Å². The van der Waals surface area contributed by atoms with E-state index >= 15 is 0 Å². The molecule has 1 amide bonds. The molecule has 2 saturated heterocycles. The number of benzene rings is 1. The number of pyridine rings is 1. The number of likely N-dealkylation sites (tertiary alicyclic amines) is 1. The molecular weight excluding hydrogens is 391 g/mol. The highest BCUT2D eigenvalue weighted by atomic mass is 19.1. The van der Waals surface area contributed by atoms with Crippen LogP contribution in [0.25, 0.3) is 0 Å². The number of rotatable bonds is 7. The molecule has 6 heteroatoms. The molecule has 2 aliphatic rings. The minimum atomic E-state index is -0.320. The third kappa shape index (κ3) is 6.26. The SMILES string of the molecule is O=C(NCCC1CCN(Cc2ccccc2)CC1)C1CCN(c2ccc(F)cn2)CC1. The first-order chi connectivity index (χ1) is 15.2. The lowest BCUT2D eigenvalue weighted by molar-refractivity contribution is -0.125. The van der Waals surface area contributed by atoms with Crippen molar-refractivity contribution in [2.45, 2.75) is 38.6 Å². The number of hydrogen-bond donors (Lipinski definition) is 1. The molecule has 2 aromatic rings. The number of nitrogens with one attached hydrogen (secondary N) is 1. The number of aromatic nitrogens is 1. The lowest BCUT2D eigenvalue weighted by Gasteiger charge is -2.33. The molecule has 0 radical (unpaired) electrons. The molecule has 1 N–H and O–H groups in total. The maximum absolute atomic E-state index is 13.0. The number of anilines is 1. The van der Waals surface area contributed by atoms with Crippen LogP contribution >= 0.6 is 0 Å². The zero-order valence-electron chi connectivity index (χ0n) is 18.2. The summed E-state index contributed by atoms with van der Waals surface area (Å²) in [6.07, 6.45) is 6.40. The van der Waals surface area contributed by atoms with E-state index in [4.69, 9.17) is 0 Å². The fourth-order valence-electron chi connectivity index (χ4n) is 4.74. The minimum absolute atomic E-state index is 0.0735. The average Bonchev–Trinajstić information content (AvgIpc) is 2.81. The first-order valence-electron chi connectivity index (χ1n) is 11.6. The Morgan fingerprint density at radius 1 is 1.00 bits per heavy atom. The molecule has 4 rings (SSSR count). The van der Waals surface area contributed by atoms with E-state index in [1.165, 1.54) is 30.7 Å². The molecule has 3 heterocycles. The van der Waals surface area contributed by atoms with E-state index in [9.17, 15) is 9.18 Å². The van der Waals surface area contributed by atoms with E-state index < -0.39 is 0 Å². The molecule has 0 unspecified atom stereocenters. The second-order valence-corrected chi connectivity index (χ2v) is 8.88.